The second kappa shape index (κ2) is 8.33. The molecule has 1 aliphatic carbocycles. The van der Waals surface area contributed by atoms with Crippen molar-refractivity contribution >= 4 is 28.4 Å². The highest BCUT2D eigenvalue weighted by molar-refractivity contribution is 6.02. The number of halogens is 3. The molecule has 32 heavy (non-hydrogen) atoms. The molecule has 5 nitrogen and oxygen atoms in total. The van der Waals surface area contributed by atoms with Crippen molar-refractivity contribution in [1.82, 2.24) is 9.88 Å². The van der Waals surface area contributed by atoms with Crippen LogP contribution in [0.3, 0.4) is 0 Å². The predicted molar refractivity (Wildman–Crippen MR) is 117 cm³/mol. The monoisotopic (exact) mass is 443 g/mol. The first-order valence-corrected chi connectivity index (χ1v) is 10.5. The summed E-state index contributed by atoms with van der Waals surface area (Å²) >= 11 is 0. The lowest BCUT2D eigenvalue weighted by Crippen LogP contribution is -2.35. The molecule has 0 saturated carbocycles. The Bertz CT molecular complexity index is 1180. The number of alkyl halides is 3. The topological polar surface area (TPSA) is 65.2 Å². The first-order valence-electron chi connectivity index (χ1n) is 10.5. The fourth-order valence-corrected chi connectivity index (χ4v) is 4.26. The van der Waals surface area contributed by atoms with E-state index in [1.54, 1.807) is 6.07 Å². The second-order valence-electron chi connectivity index (χ2n) is 8.44. The molecule has 1 aromatic heterocycles. The highest BCUT2D eigenvalue weighted by Gasteiger charge is 2.33. The van der Waals surface area contributed by atoms with Crippen molar-refractivity contribution in [3.05, 3.63) is 64.8 Å². The summed E-state index contributed by atoms with van der Waals surface area (Å²) < 4.78 is 39.4. The van der Waals surface area contributed by atoms with Crippen LogP contribution in [0.5, 0.6) is 0 Å². The van der Waals surface area contributed by atoms with Gasteiger partial charge >= 0.3 is 6.18 Å². The molecule has 1 atom stereocenters. The van der Waals surface area contributed by atoms with Crippen molar-refractivity contribution < 1.29 is 22.8 Å². The zero-order chi connectivity index (χ0) is 23.0. The Morgan fingerprint density at radius 3 is 2.69 bits per heavy atom. The van der Waals surface area contributed by atoms with Crippen LogP contribution >= 0.6 is 0 Å². The van der Waals surface area contributed by atoms with Crippen molar-refractivity contribution in [3.63, 3.8) is 0 Å². The molecule has 8 heteroatoms. The Balaban J connectivity index is 1.49. The van der Waals surface area contributed by atoms with Crippen LogP contribution in [0.2, 0.25) is 0 Å². The lowest BCUT2D eigenvalue weighted by molar-refractivity contribution is -0.137. The standard InChI is InChI=1S/C24H24F3N3O2/c1-14-7-9-19-16(11-14)17-12-15(8-10-20(17)28-19)23(32)30(2)13-22(31)29-21-6-4-3-5-18(21)24(25,26)27/h3-6,8,10,12,14,28H,7,9,11,13H2,1-2H3,(H,29,31). The number of hydrogen-bond donors (Lipinski definition) is 2. The Morgan fingerprint density at radius 1 is 1.19 bits per heavy atom. The van der Waals surface area contributed by atoms with Gasteiger partial charge in [0.15, 0.2) is 0 Å². The van der Waals surface area contributed by atoms with E-state index >= 15 is 0 Å². The van der Waals surface area contributed by atoms with Gasteiger partial charge in [-0.2, -0.15) is 13.2 Å². The summed E-state index contributed by atoms with van der Waals surface area (Å²) in [5.74, 6) is -0.497. The Hall–Kier alpha value is -3.29. The van der Waals surface area contributed by atoms with E-state index in [1.807, 2.05) is 12.1 Å². The summed E-state index contributed by atoms with van der Waals surface area (Å²) in [7, 11) is 1.45. The number of aryl methyl sites for hydroxylation is 1. The predicted octanol–water partition coefficient (Wildman–Crippen LogP) is 5.02. The minimum Gasteiger partial charge on any atom is -0.358 e. The molecule has 2 aromatic carbocycles. The third-order valence-electron chi connectivity index (χ3n) is 5.92. The van der Waals surface area contributed by atoms with Gasteiger partial charge < -0.3 is 15.2 Å². The number of anilines is 1. The molecule has 0 bridgehead atoms. The molecule has 1 unspecified atom stereocenters. The highest BCUT2D eigenvalue weighted by Crippen LogP contribution is 2.35. The van der Waals surface area contributed by atoms with Crippen LogP contribution in [0.4, 0.5) is 18.9 Å². The van der Waals surface area contributed by atoms with Gasteiger partial charge in [0, 0.05) is 29.2 Å². The van der Waals surface area contributed by atoms with Crippen molar-refractivity contribution in [2.75, 3.05) is 18.9 Å². The Labute approximate surface area is 183 Å². The van der Waals surface area contributed by atoms with E-state index in [2.05, 4.69) is 17.2 Å². The van der Waals surface area contributed by atoms with E-state index in [4.69, 9.17) is 0 Å². The van der Waals surface area contributed by atoms with E-state index < -0.39 is 17.6 Å². The van der Waals surface area contributed by atoms with E-state index in [0.717, 1.165) is 36.2 Å². The zero-order valence-corrected chi connectivity index (χ0v) is 17.8. The van der Waals surface area contributed by atoms with Crippen molar-refractivity contribution in [3.8, 4) is 0 Å². The van der Waals surface area contributed by atoms with E-state index in [9.17, 15) is 22.8 Å². The van der Waals surface area contributed by atoms with Crippen LogP contribution in [0.1, 0.15) is 40.5 Å². The number of para-hydroxylation sites is 1. The van der Waals surface area contributed by atoms with Gasteiger partial charge in [0.2, 0.25) is 5.91 Å². The number of amides is 2. The van der Waals surface area contributed by atoms with Gasteiger partial charge in [-0.25, -0.2) is 0 Å². The molecule has 0 saturated heterocycles. The van der Waals surface area contributed by atoms with Crippen molar-refractivity contribution in [1.29, 1.82) is 0 Å². The maximum atomic E-state index is 13.1. The third-order valence-corrected chi connectivity index (χ3v) is 5.92. The first-order chi connectivity index (χ1) is 15.1. The lowest BCUT2D eigenvalue weighted by atomic mass is 9.87. The average Bonchev–Trinajstić information content (AvgIpc) is 3.09. The molecule has 2 N–H and O–H groups in total. The smallest absolute Gasteiger partial charge is 0.358 e. The van der Waals surface area contributed by atoms with Crippen molar-refractivity contribution in [2.24, 2.45) is 5.92 Å². The molecule has 1 heterocycles. The number of hydrogen-bond acceptors (Lipinski definition) is 2. The van der Waals surface area contributed by atoms with Crippen LogP contribution in [-0.4, -0.2) is 35.3 Å². The lowest BCUT2D eigenvalue weighted by Gasteiger charge is -2.19. The normalized spacial score (nSPS) is 16.0. The maximum Gasteiger partial charge on any atom is 0.418 e. The van der Waals surface area contributed by atoms with Gasteiger partial charge in [0.05, 0.1) is 17.8 Å². The van der Waals surface area contributed by atoms with Gasteiger partial charge in [0.1, 0.15) is 0 Å². The molecule has 0 radical (unpaired) electrons. The van der Waals surface area contributed by atoms with Crippen LogP contribution < -0.4 is 5.32 Å². The molecule has 3 aromatic rings. The number of nitrogens with zero attached hydrogens (tertiary/aromatic N) is 1. The summed E-state index contributed by atoms with van der Waals surface area (Å²) in [5.41, 5.74) is 2.59. The number of rotatable bonds is 4. The molecule has 4 rings (SSSR count). The highest BCUT2D eigenvalue weighted by atomic mass is 19.4. The zero-order valence-electron chi connectivity index (χ0n) is 17.8. The maximum absolute atomic E-state index is 13.1. The molecule has 2 amide bonds. The third kappa shape index (κ3) is 4.35. The first kappa shape index (κ1) is 21.9. The van der Waals surface area contributed by atoms with Crippen LogP contribution in [0, 0.1) is 5.92 Å². The number of carbonyl (C=O) groups excluding carboxylic acids is 2. The Morgan fingerprint density at radius 2 is 1.94 bits per heavy atom. The minimum absolute atomic E-state index is 0.333. The minimum atomic E-state index is -4.59. The summed E-state index contributed by atoms with van der Waals surface area (Å²) in [5, 5.41) is 3.28. The summed E-state index contributed by atoms with van der Waals surface area (Å²) in [6.45, 7) is 1.84. The second-order valence-corrected chi connectivity index (χ2v) is 8.44. The van der Waals surface area contributed by atoms with Crippen LogP contribution in [0.25, 0.3) is 10.9 Å². The molecular formula is C24H24F3N3O2. The number of likely N-dealkylation sites (N-methyl/N-ethyl adjacent to an activating group) is 1. The molecule has 0 aliphatic heterocycles. The number of aromatic nitrogens is 1. The molecule has 168 valence electrons. The summed E-state index contributed by atoms with van der Waals surface area (Å²) in [6, 6.07) is 10.1. The number of nitrogens with one attached hydrogen (secondary N) is 2. The van der Waals surface area contributed by atoms with Gasteiger partial charge in [-0.3, -0.25) is 9.59 Å². The fraction of sp³-hybridized carbons (Fsp3) is 0.333. The molecular weight excluding hydrogens is 419 g/mol. The number of carbonyl (C=O) groups is 2. The number of H-pyrrole nitrogens is 1. The van der Waals surface area contributed by atoms with Crippen LogP contribution in [0.15, 0.2) is 42.5 Å². The number of benzene rings is 2. The molecule has 1 aliphatic rings. The van der Waals surface area contributed by atoms with Gasteiger partial charge in [-0.15, -0.1) is 0 Å². The van der Waals surface area contributed by atoms with Gasteiger partial charge in [0.25, 0.3) is 5.91 Å². The molecule has 0 fully saturated rings. The quantitative estimate of drug-likeness (QED) is 0.595. The van der Waals surface area contributed by atoms with Crippen LogP contribution in [-0.2, 0) is 23.8 Å². The largest absolute Gasteiger partial charge is 0.418 e. The number of aromatic amines is 1. The Kier molecular flexibility index (Phi) is 5.71. The van der Waals surface area contributed by atoms with E-state index in [-0.39, 0.29) is 18.1 Å². The fourth-order valence-electron chi connectivity index (χ4n) is 4.26. The summed E-state index contributed by atoms with van der Waals surface area (Å²) in [4.78, 5) is 29.9. The number of fused-ring (bicyclic) bond motifs is 3. The average molecular weight is 443 g/mol. The molecule has 0 spiro atoms. The van der Waals surface area contributed by atoms with Crippen molar-refractivity contribution in [2.45, 2.75) is 32.4 Å². The van der Waals surface area contributed by atoms with Gasteiger partial charge in [-0.1, -0.05) is 19.1 Å². The van der Waals surface area contributed by atoms with E-state index in [1.165, 1.54) is 41.4 Å². The van der Waals surface area contributed by atoms with Gasteiger partial charge in [-0.05, 0) is 61.1 Å². The SMILES string of the molecule is CC1CCc2[nH]c3ccc(C(=O)N(C)CC(=O)Nc4ccccc4C(F)(F)F)cc3c2C1. The summed E-state index contributed by atoms with van der Waals surface area (Å²) in [6.07, 6.45) is -1.53. The van der Waals surface area contributed by atoms with E-state index in [0.29, 0.717) is 11.5 Å².